The zero-order valence-corrected chi connectivity index (χ0v) is 13.1. The number of furan rings is 1. The van der Waals surface area contributed by atoms with Crippen LogP contribution in [0.15, 0.2) is 33.2 Å². The van der Waals surface area contributed by atoms with Crippen molar-refractivity contribution in [3.05, 3.63) is 50.8 Å². The molecule has 0 atom stereocenters. The third-order valence-electron chi connectivity index (χ3n) is 2.70. The second-order valence-electron chi connectivity index (χ2n) is 4.19. The lowest BCUT2D eigenvalue weighted by atomic mass is 10.2. The molecular formula is C14H15BrClNO2. The zero-order chi connectivity index (χ0) is 13.8. The first-order valence-electron chi connectivity index (χ1n) is 5.91. The molecule has 2 aromatic rings. The van der Waals surface area contributed by atoms with E-state index < -0.39 is 0 Å². The van der Waals surface area contributed by atoms with Crippen molar-refractivity contribution in [1.82, 2.24) is 5.32 Å². The first-order valence-corrected chi connectivity index (χ1v) is 7.08. The molecule has 3 nitrogen and oxygen atoms in total. The van der Waals surface area contributed by atoms with E-state index in [1.54, 1.807) is 6.07 Å². The first kappa shape index (κ1) is 14.4. The summed E-state index contributed by atoms with van der Waals surface area (Å²) in [5.74, 6) is 2.34. The molecule has 5 heteroatoms. The average molecular weight is 345 g/mol. The van der Waals surface area contributed by atoms with Gasteiger partial charge in [0.1, 0.15) is 23.9 Å². The molecule has 0 aliphatic carbocycles. The molecule has 0 aliphatic heterocycles. The quantitative estimate of drug-likeness (QED) is 0.878. The van der Waals surface area contributed by atoms with Gasteiger partial charge in [-0.05, 0) is 38.2 Å². The highest BCUT2D eigenvalue weighted by atomic mass is 79.9. The maximum atomic E-state index is 6.06. The summed E-state index contributed by atoms with van der Waals surface area (Å²) in [6, 6.07) is 7.50. The summed E-state index contributed by atoms with van der Waals surface area (Å²) in [5, 5.41) is 3.69. The average Bonchev–Trinajstić information content (AvgIpc) is 2.72. The van der Waals surface area contributed by atoms with E-state index in [9.17, 15) is 0 Å². The molecule has 0 radical (unpaired) electrons. The number of aryl methyl sites for hydroxylation is 1. The van der Waals surface area contributed by atoms with Crippen LogP contribution in [-0.2, 0) is 13.2 Å². The van der Waals surface area contributed by atoms with Crippen LogP contribution in [0.5, 0.6) is 5.75 Å². The van der Waals surface area contributed by atoms with Crippen molar-refractivity contribution in [3.8, 4) is 5.75 Å². The zero-order valence-electron chi connectivity index (χ0n) is 10.8. The Morgan fingerprint density at radius 3 is 2.89 bits per heavy atom. The number of hydrogen-bond acceptors (Lipinski definition) is 3. The van der Waals surface area contributed by atoms with Crippen LogP contribution in [0.3, 0.4) is 0 Å². The van der Waals surface area contributed by atoms with Gasteiger partial charge < -0.3 is 14.5 Å². The largest absolute Gasteiger partial charge is 0.484 e. The number of nitrogens with one attached hydrogen (secondary N) is 1. The predicted molar refractivity (Wildman–Crippen MR) is 79.7 cm³/mol. The van der Waals surface area contributed by atoms with Crippen LogP contribution in [0.4, 0.5) is 0 Å². The highest BCUT2D eigenvalue weighted by Crippen LogP contribution is 2.29. The minimum Gasteiger partial charge on any atom is -0.484 e. The molecule has 0 aliphatic rings. The lowest BCUT2D eigenvalue weighted by Gasteiger charge is -2.06. The Morgan fingerprint density at radius 1 is 1.37 bits per heavy atom. The Labute approximate surface area is 126 Å². The van der Waals surface area contributed by atoms with Crippen LogP contribution in [0.2, 0.25) is 5.02 Å². The van der Waals surface area contributed by atoms with Crippen LogP contribution in [0.25, 0.3) is 0 Å². The maximum absolute atomic E-state index is 6.06. The van der Waals surface area contributed by atoms with Gasteiger partial charge in [-0.1, -0.05) is 27.5 Å². The third-order valence-corrected chi connectivity index (χ3v) is 3.51. The molecule has 1 N–H and O–H groups in total. The predicted octanol–water partition coefficient (Wildman–Crippen LogP) is 4.30. The SMILES string of the molecule is CNCc1cc(COc2cc(Br)ccc2Cl)oc1C. The van der Waals surface area contributed by atoms with Crippen molar-refractivity contribution in [3.63, 3.8) is 0 Å². The minimum absolute atomic E-state index is 0.362. The minimum atomic E-state index is 0.362. The summed E-state index contributed by atoms with van der Waals surface area (Å²) in [6.07, 6.45) is 0. The topological polar surface area (TPSA) is 34.4 Å². The van der Waals surface area contributed by atoms with Gasteiger partial charge in [0, 0.05) is 16.6 Å². The molecule has 0 saturated heterocycles. The summed E-state index contributed by atoms with van der Waals surface area (Å²) in [4.78, 5) is 0. The third kappa shape index (κ3) is 3.75. The second kappa shape index (κ2) is 6.46. The molecule has 0 amide bonds. The Balaban J connectivity index is 2.06. The van der Waals surface area contributed by atoms with Crippen LogP contribution in [0.1, 0.15) is 17.1 Å². The van der Waals surface area contributed by atoms with E-state index in [4.69, 9.17) is 20.8 Å². The summed E-state index contributed by atoms with van der Waals surface area (Å²) in [7, 11) is 1.91. The van der Waals surface area contributed by atoms with Crippen molar-refractivity contribution >= 4 is 27.5 Å². The van der Waals surface area contributed by atoms with E-state index in [0.717, 1.165) is 28.1 Å². The summed E-state index contributed by atoms with van der Waals surface area (Å²) in [6.45, 7) is 3.09. The fraction of sp³-hybridized carbons (Fsp3) is 0.286. The molecule has 0 spiro atoms. The molecule has 1 heterocycles. The summed E-state index contributed by atoms with van der Waals surface area (Å²) in [5.41, 5.74) is 1.14. The monoisotopic (exact) mass is 343 g/mol. The number of hydrogen-bond donors (Lipinski definition) is 1. The van der Waals surface area contributed by atoms with Gasteiger partial charge in [0.2, 0.25) is 0 Å². The molecule has 1 aromatic carbocycles. The van der Waals surface area contributed by atoms with Gasteiger partial charge in [-0.25, -0.2) is 0 Å². The molecule has 0 unspecified atom stereocenters. The van der Waals surface area contributed by atoms with E-state index in [0.29, 0.717) is 17.4 Å². The normalized spacial score (nSPS) is 10.7. The van der Waals surface area contributed by atoms with Gasteiger partial charge in [-0.2, -0.15) is 0 Å². The van der Waals surface area contributed by atoms with Gasteiger partial charge in [-0.15, -0.1) is 0 Å². The van der Waals surface area contributed by atoms with E-state index in [-0.39, 0.29) is 0 Å². The lowest BCUT2D eigenvalue weighted by Crippen LogP contribution is -2.04. The second-order valence-corrected chi connectivity index (χ2v) is 5.51. The number of ether oxygens (including phenoxy) is 1. The molecule has 0 fully saturated rings. The van der Waals surface area contributed by atoms with Gasteiger partial charge in [0.05, 0.1) is 5.02 Å². The van der Waals surface area contributed by atoms with Crippen molar-refractivity contribution in [1.29, 1.82) is 0 Å². The molecule has 19 heavy (non-hydrogen) atoms. The van der Waals surface area contributed by atoms with Crippen LogP contribution >= 0.6 is 27.5 Å². The molecular weight excluding hydrogens is 330 g/mol. The fourth-order valence-electron chi connectivity index (χ4n) is 1.76. The maximum Gasteiger partial charge on any atom is 0.146 e. The molecule has 0 bridgehead atoms. The van der Waals surface area contributed by atoms with E-state index in [1.165, 1.54) is 0 Å². The standard InChI is InChI=1S/C14H15BrClNO2/c1-9-10(7-17-2)5-12(19-9)8-18-14-6-11(15)3-4-13(14)16/h3-6,17H,7-8H2,1-2H3. The van der Waals surface area contributed by atoms with Gasteiger partial charge in [0.15, 0.2) is 0 Å². The highest BCUT2D eigenvalue weighted by molar-refractivity contribution is 9.10. The van der Waals surface area contributed by atoms with E-state index >= 15 is 0 Å². The van der Waals surface area contributed by atoms with Crippen LogP contribution in [-0.4, -0.2) is 7.05 Å². The van der Waals surface area contributed by atoms with Crippen LogP contribution < -0.4 is 10.1 Å². The molecule has 2 rings (SSSR count). The van der Waals surface area contributed by atoms with E-state index in [2.05, 4.69) is 21.2 Å². The van der Waals surface area contributed by atoms with Gasteiger partial charge in [0.25, 0.3) is 0 Å². The van der Waals surface area contributed by atoms with Gasteiger partial charge >= 0.3 is 0 Å². The number of rotatable bonds is 5. The summed E-state index contributed by atoms with van der Waals surface area (Å²) >= 11 is 9.45. The molecule has 102 valence electrons. The first-order chi connectivity index (χ1) is 9.10. The Kier molecular flexibility index (Phi) is 4.91. The van der Waals surface area contributed by atoms with Crippen LogP contribution in [0, 0.1) is 6.92 Å². The number of benzene rings is 1. The number of halogens is 2. The molecule has 0 saturated carbocycles. The summed E-state index contributed by atoms with van der Waals surface area (Å²) < 4.78 is 12.2. The van der Waals surface area contributed by atoms with Crippen molar-refractivity contribution in [2.45, 2.75) is 20.1 Å². The Hall–Kier alpha value is -0.970. The fourth-order valence-corrected chi connectivity index (χ4v) is 2.27. The van der Waals surface area contributed by atoms with Crippen molar-refractivity contribution in [2.24, 2.45) is 0 Å². The van der Waals surface area contributed by atoms with Crippen molar-refractivity contribution < 1.29 is 9.15 Å². The smallest absolute Gasteiger partial charge is 0.146 e. The molecule has 1 aromatic heterocycles. The Morgan fingerprint density at radius 2 is 2.16 bits per heavy atom. The van der Waals surface area contributed by atoms with Gasteiger partial charge in [-0.3, -0.25) is 0 Å². The van der Waals surface area contributed by atoms with E-state index in [1.807, 2.05) is 32.2 Å². The van der Waals surface area contributed by atoms with Crippen molar-refractivity contribution in [2.75, 3.05) is 7.05 Å². The highest BCUT2D eigenvalue weighted by Gasteiger charge is 2.09. The Bertz CT molecular complexity index is 569. The lowest BCUT2D eigenvalue weighted by molar-refractivity contribution is 0.267.